The number of aryl methyl sites for hydroxylation is 1. The predicted octanol–water partition coefficient (Wildman–Crippen LogP) is 7.57. The number of carbonyl (C=O) groups is 1. The summed E-state index contributed by atoms with van der Waals surface area (Å²) in [6, 6.07) is 31.8. The summed E-state index contributed by atoms with van der Waals surface area (Å²) in [5, 5.41) is 11.6. The van der Waals surface area contributed by atoms with Gasteiger partial charge in [-0.3, -0.25) is 4.79 Å². The summed E-state index contributed by atoms with van der Waals surface area (Å²) in [7, 11) is 0. The van der Waals surface area contributed by atoms with Crippen molar-refractivity contribution in [2.24, 2.45) is 0 Å². The summed E-state index contributed by atoms with van der Waals surface area (Å²) in [5.74, 6) is 1.13. The first-order valence-electron chi connectivity index (χ1n) is 14.4. The topological polar surface area (TPSA) is 81.1 Å². The van der Waals surface area contributed by atoms with E-state index in [1.54, 1.807) is 16.8 Å². The van der Waals surface area contributed by atoms with Crippen LogP contribution in [0.4, 0.5) is 16.0 Å². The van der Waals surface area contributed by atoms with Gasteiger partial charge in [-0.1, -0.05) is 84.6 Å². The van der Waals surface area contributed by atoms with Gasteiger partial charge in [-0.25, -0.2) is 9.07 Å². The summed E-state index contributed by atoms with van der Waals surface area (Å²) in [6.07, 6.45) is 0.803. The number of allylic oxidation sites excluding steroid dienone is 1. The van der Waals surface area contributed by atoms with Crippen LogP contribution < -0.4 is 15.4 Å². The number of nitrogens with zero attached hydrogens (tertiary/aromatic N) is 3. The summed E-state index contributed by atoms with van der Waals surface area (Å²) >= 11 is 1.34. The number of thioether (sulfide) groups is 1. The summed E-state index contributed by atoms with van der Waals surface area (Å²) < 4.78 is 22.0. The third-order valence-electron chi connectivity index (χ3n) is 7.37. The fourth-order valence-electron chi connectivity index (χ4n) is 5.15. The minimum Gasteiger partial charge on any atom is -0.493 e. The molecule has 4 aromatic carbocycles. The highest BCUT2D eigenvalue weighted by molar-refractivity contribution is 7.98. The predicted molar refractivity (Wildman–Crippen MR) is 172 cm³/mol. The number of anilines is 2. The van der Waals surface area contributed by atoms with Crippen LogP contribution in [-0.4, -0.2) is 27.3 Å². The van der Waals surface area contributed by atoms with E-state index >= 15 is 0 Å². The number of carbonyl (C=O) groups excluding carboxylic acids is 1. The molecule has 0 radical (unpaired) electrons. The largest absolute Gasteiger partial charge is 0.493 e. The molecule has 1 aromatic heterocycles. The van der Waals surface area contributed by atoms with Crippen molar-refractivity contribution in [2.45, 2.75) is 37.2 Å². The second-order valence-electron chi connectivity index (χ2n) is 10.6. The Bertz CT molecular complexity index is 1800. The average Bonchev–Trinajstić information content (AvgIpc) is 3.43. The monoisotopic (exact) mass is 605 g/mol. The summed E-state index contributed by atoms with van der Waals surface area (Å²) in [4.78, 5) is 18.5. The van der Waals surface area contributed by atoms with Crippen molar-refractivity contribution >= 4 is 29.3 Å². The highest BCUT2D eigenvalue weighted by Gasteiger charge is 2.34. The molecule has 0 spiro atoms. The Morgan fingerprint density at radius 1 is 0.977 bits per heavy atom. The van der Waals surface area contributed by atoms with Gasteiger partial charge in [0, 0.05) is 23.6 Å². The molecule has 222 valence electrons. The molecule has 0 saturated carbocycles. The number of nitrogens with one attached hydrogen (secondary N) is 2. The number of aromatic nitrogens is 3. The van der Waals surface area contributed by atoms with Crippen LogP contribution in [0.2, 0.25) is 0 Å². The van der Waals surface area contributed by atoms with E-state index in [2.05, 4.69) is 27.8 Å². The molecule has 0 aliphatic carbocycles. The minimum atomic E-state index is -0.551. The van der Waals surface area contributed by atoms with Crippen LogP contribution >= 0.6 is 11.8 Å². The van der Waals surface area contributed by atoms with Gasteiger partial charge in [0.2, 0.25) is 11.1 Å². The zero-order valence-electron chi connectivity index (χ0n) is 24.5. The van der Waals surface area contributed by atoms with Gasteiger partial charge >= 0.3 is 0 Å². The summed E-state index contributed by atoms with van der Waals surface area (Å²) in [5.41, 5.74) is 5.59. The maximum absolute atomic E-state index is 14.3. The lowest BCUT2D eigenvalue weighted by atomic mass is 9.95. The van der Waals surface area contributed by atoms with Gasteiger partial charge in [0.05, 0.1) is 12.2 Å². The van der Waals surface area contributed by atoms with Gasteiger partial charge in [0.25, 0.3) is 5.91 Å². The third-order valence-corrected chi connectivity index (χ3v) is 8.25. The molecule has 0 saturated heterocycles. The molecule has 9 heteroatoms. The second kappa shape index (κ2) is 13.2. The van der Waals surface area contributed by atoms with E-state index in [9.17, 15) is 9.18 Å². The Kier molecular flexibility index (Phi) is 8.74. The number of rotatable bonds is 10. The lowest BCUT2D eigenvalue weighted by molar-refractivity contribution is -0.113. The maximum Gasteiger partial charge on any atom is 0.255 e. The molecule has 1 aliphatic heterocycles. The number of amides is 1. The minimum absolute atomic E-state index is 0.240. The van der Waals surface area contributed by atoms with Crippen molar-refractivity contribution in [2.75, 3.05) is 17.2 Å². The van der Waals surface area contributed by atoms with Crippen LogP contribution in [0.1, 0.15) is 35.2 Å². The van der Waals surface area contributed by atoms with E-state index in [1.807, 2.05) is 86.6 Å². The van der Waals surface area contributed by atoms with Gasteiger partial charge in [0.1, 0.15) is 17.6 Å². The first-order chi connectivity index (χ1) is 21.4. The van der Waals surface area contributed by atoms with Crippen LogP contribution in [0.25, 0.3) is 0 Å². The molecule has 1 unspecified atom stereocenters. The first-order valence-corrected chi connectivity index (χ1v) is 15.4. The van der Waals surface area contributed by atoms with Gasteiger partial charge in [0.15, 0.2) is 0 Å². The highest BCUT2D eigenvalue weighted by Crippen LogP contribution is 2.37. The van der Waals surface area contributed by atoms with Gasteiger partial charge < -0.3 is 15.4 Å². The second-order valence-corrected chi connectivity index (χ2v) is 11.5. The lowest BCUT2D eigenvalue weighted by Crippen LogP contribution is -2.31. The maximum atomic E-state index is 14.3. The molecule has 1 amide bonds. The van der Waals surface area contributed by atoms with E-state index in [-0.39, 0.29) is 11.7 Å². The van der Waals surface area contributed by atoms with E-state index in [1.165, 1.54) is 23.4 Å². The lowest BCUT2D eigenvalue weighted by Gasteiger charge is -2.28. The van der Waals surface area contributed by atoms with E-state index in [0.717, 1.165) is 23.3 Å². The normalized spacial score (nSPS) is 14.1. The zero-order valence-corrected chi connectivity index (χ0v) is 25.3. The zero-order chi connectivity index (χ0) is 30.5. The molecule has 1 atom stereocenters. The van der Waals surface area contributed by atoms with Crippen LogP contribution in [0.3, 0.4) is 0 Å². The molecular weight excluding hydrogens is 573 g/mol. The molecule has 2 N–H and O–H groups in total. The molecule has 1 aliphatic rings. The first kappa shape index (κ1) is 29.2. The molecule has 44 heavy (non-hydrogen) atoms. The van der Waals surface area contributed by atoms with E-state index in [0.29, 0.717) is 46.0 Å². The van der Waals surface area contributed by atoms with Crippen molar-refractivity contribution in [3.63, 3.8) is 0 Å². The number of ether oxygens (including phenoxy) is 1. The molecule has 2 heterocycles. The molecule has 6 rings (SSSR count). The van der Waals surface area contributed by atoms with Crippen molar-refractivity contribution < 1.29 is 13.9 Å². The van der Waals surface area contributed by atoms with Crippen LogP contribution in [-0.2, 0) is 17.0 Å². The average molecular weight is 606 g/mol. The van der Waals surface area contributed by atoms with Crippen LogP contribution in [0.15, 0.2) is 120 Å². The fraction of sp³-hybridized carbons (Fsp3) is 0.171. The van der Waals surface area contributed by atoms with Crippen LogP contribution in [0.5, 0.6) is 5.75 Å². The standard InChI is InChI=1S/C35H32FN5O2S/c1-23-9-8-13-28(21-23)38-33(42)31-24(2)37-34-39-35(44-22-27-12-6-7-14-30(27)36)40-41(34)32(31)26-15-17-29(18-16-26)43-20-19-25-10-4-3-5-11-25/h3-18,21,32H,19-20,22H2,1-2H3,(H,38,42)(H,37,39,40). The van der Waals surface area contributed by atoms with E-state index in [4.69, 9.17) is 9.84 Å². The molecule has 7 nitrogen and oxygen atoms in total. The number of fused-ring (bicyclic) bond motifs is 1. The third kappa shape index (κ3) is 6.68. The van der Waals surface area contributed by atoms with Crippen molar-refractivity contribution in [1.29, 1.82) is 0 Å². The number of halogens is 1. The SMILES string of the molecule is CC1=C(C(=O)Nc2cccc(C)c2)C(c2ccc(OCCc3ccccc3)cc2)n2nc(SCc3ccccc3F)nc2N1. The quantitative estimate of drug-likeness (QED) is 0.160. The van der Waals surface area contributed by atoms with Crippen LogP contribution in [0, 0.1) is 12.7 Å². The Morgan fingerprint density at radius 3 is 2.52 bits per heavy atom. The Labute approximate surface area is 260 Å². The van der Waals surface area contributed by atoms with Gasteiger partial charge in [-0.15, -0.1) is 5.10 Å². The molecule has 0 fully saturated rings. The van der Waals surface area contributed by atoms with Crippen molar-refractivity contribution in [3.8, 4) is 5.75 Å². The fourth-order valence-corrected chi connectivity index (χ4v) is 5.97. The molecule has 0 bridgehead atoms. The molecule has 5 aromatic rings. The summed E-state index contributed by atoms with van der Waals surface area (Å²) in [6.45, 7) is 4.40. The smallest absolute Gasteiger partial charge is 0.255 e. The van der Waals surface area contributed by atoms with Crippen molar-refractivity contribution in [1.82, 2.24) is 14.8 Å². The Balaban J connectivity index is 1.27. The Hall–Kier alpha value is -4.89. The Morgan fingerprint density at radius 2 is 1.75 bits per heavy atom. The highest BCUT2D eigenvalue weighted by atomic mass is 32.2. The van der Waals surface area contributed by atoms with E-state index < -0.39 is 6.04 Å². The number of benzene rings is 4. The number of hydrogen-bond acceptors (Lipinski definition) is 6. The van der Waals surface area contributed by atoms with Gasteiger partial charge in [-0.2, -0.15) is 4.98 Å². The number of hydrogen-bond donors (Lipinski definition) is 2. The van der Waals surface area contributed by atoms with Crippen molar-refractivity contribution in [3.05, 3.63) is 142 Å². The molecular formula is C35H32FN5O2S. The van der Waals surface area contributed by atoms with Gasteiger partial charge in [-0.05, 0) is 66.4 Å².